The first kappa shape index (κ1) is 12.2. The van der Waals surface area contributed by atoms with E-state index in [0.717, 1.165) is 5.92 Å². The number of aryl methyl sites for hydroxylation is 3. The minimum Gasteiger partial charge on any atom is -0.0628 e. The number of fused-ring (bicyclic) bond motifs is 1. The van der Waals surface area contributed by atoms with Gasteiger partial charge in [-0.3, -0.25) is 0 Å². The molecule has 0 fully saturated rings. The predicted molar refractivity (Wildman–Crippen MR) is 75.7 cm³/mol. The summed E-state index contributed by atoms with van der Waals surface area (Å²) in [6.45, 7) is 8.98. The molecule has 0 radical (unpaired) electrons. The summed E-state index contributed by atoms with van der Waals surface area (Å²) in [5.41, 5.74) is 7.06. The fourth-order valence-electron chi connectivity index (χ4n) is 2.30. The summed E-state index contributed by atoms with van der Waals surface area (Å²) in [5, 5.41) is 0. The van der Waals surface area contributed by atoms with Crippen molar-refractivity contribution in [3.05, 3.63) is 47.0 Å². The Labute approximate surface area is 105 Å². The van der Waals surface area contributed by atoms with Crippen LogP contribution in [0.4, 0.5) is 0 Å². The molecule has 0 atom stereocenters. The number of rotatable bonds is 3. The van der Waals surface area contributed by atoms with E-state index in [0.29, 0.717) is 0 Å². The van der Waals surface area contributed by atoms with E-state index in [9.17, 15) is 0 Å². The zero-order chi connectivity index (χ0) is 12.4. The van der Waals surface area contributed by atoms with Crippen molar-refractivity contribution in [3.8, 4) is 11.1 Å². The Hall–Kier alpha value is -1.30. The number of hydrogen-bond acceptors (Lipinski definition) is 0. The van der Waals surface area contributed by atoms with E-state index in [1.54, 1.807) is 0 Å². The molecule has 2 aliphatic rings. The van der Waals surface area contributed by atoms with Crippen molar-refractivity contribution in [2.45, 2.75) is 40.5 Å². The van der Waals surface area contributed by atoms with Crippen LogP contribution in [-0.2, 0) is 6.42 Å². The molecular weight excluding hydrogens is 204 g/mol. The first-order chi connectivity index (χ1) is 8.08. The molecule has 2 rings (SSSR count). The summed E-state index contributed by atoms with van der Waals surface area (Å²) < 4.78 is 0. The van der Waals surface area contributed by atoms with Crippen LogP contribution in [0.25, 0.3) is 11.1 Å². The molecule has 0 saturated heterocycles. The fraction of sp³-hybridized carbons (Fsp3) is 0.412. The van der Waals surface area contributed by atoms with Crippen LogP contribution in [0.1, 0.15) is 37.0 Å². The molecule has 0 aromatic heterocycles. The second-order valence-corrected chi connectivity index (χ2v) is 5.51. The van der Waals surface area contributed by atoms with Crippen molar-refractivity contribution in [3.63, 3.8) is 0 Å². The van der Waals surface area contributed by atoms with Gasteiger partial charge in [0.15, 0.2) is 0 Å². The van der Waals surface area contributed by atoms with Crippen molar-refractivity contribution in [2.24, 2.45) is 5.92 Å². The van der Waals surface area contributed by atoms with E-state index in [1.807, 2.05) is 0 Å². The topological polar surface area (TPSA) is 0 Å². The van der Waals surface area contributed by atoms with Crippen LogP contribution in [-0.4, -0.2) is 0 Å². The van der Waals surface area contributed by atoms with Gasteiger partial charge in [-0.25, -0.2) is 0 Å². The SMILES string of the molecule is Cc1ccc(CCC(C)C)cc2c(C)ccc1-2. The van der Waals surface area contributed by atoms with Crippen LogP contribution in [0.3, 0.4) is 0 Å². The summed E-state index contributed by atoms with van der Waals surface area (Å²) in [6.07, 6.45) is 2.45. The molecule has 90 valence electrons. The van der Waals surface area contributed by atoms with Gasteiger partial charge in [-0.05, 0) is 60.4 Å². The summed E-state index contributed by atoms with van der Waals surface area (Å²) in [5.74, 6) is 0.776. The van der Waals surface area contributed by atoms with Crippen LogP contribution >= 0.6 is 0 Å². The minimum absolute atomic E-state index is 0.776. The Morgan fingerprint density at radius 1 is 0.882 bits per heavy atom. The second kappa shape index (κ2) is 4.91. The smallest absolute Gasteiger partial charge is 0.0149 e. The molecule has 0 amide bonds. The van der Waals surface area contributed by atoms with Gasteiger partial charge in [-0.2, -0.15) is 0 Å². The molecule has 0 saturated carbocycles. The molecule has 0 bridgehead atoms. The summed E-state index contributed by atoms with van der Waals surface area (Å²) in [4.78, 5) is 0. The Bertz CT molecular complexity index is 480. The molecule has 0 aromatic rings. The van der Waals surface area contributed by atoms with Crippen molar-refractivity contribution >= 4 is 0 Å². The van der Waals surface area contributed by atoms with E-state index < -0.39 is 0 Å². The molecule has 0 heteroatoms. The maximum Gasteiger partial charge on any atom is -0.0149 e. The zero-order valence-corrected chi connectivity index (χ0v) is 11.4. The van der Waals surface area contributed by atoms with Crippen LogP contribution in [0.15, 0.2) is 30.3 Å². The highest BCUT2D eigenvalue weighted by Crippen LogP contribution is 2.30. The maximum absolute atomic E-state index is 2.38. The molecule has 0 heterocycles. The van der Waals surface area contributed by atoms with E-state index in [4.69, 9.17) is 0 Å². The Morgan fingerprint density at radius 3 is 2.24 bits per heavy atom. The van der Waals surface area contributed by atoms with Crippen LogP contribution < -0.4 is 0 Å². The monoisotopic (exact) mass is 226 g/mol. The van der Waals surface area contributed by atoms with Gasteiger partial charge in [0.25, 0.3) is 0 Å². The molecule has 0 N–H and O–H groups in total. The summed E-state index contributed by atoms with van der Waals surface area (Å²) in [7, 11) is 0. The molecule has 2 aliphatic carbocycles. The number of hydrogen-bond donors (Lipinski definition) is 0. The van der Waals surface area contributed by atoms with E-state index >= 15 is 0 Å². The lowest BCUT2D eigenvalue weighted by molar-refractivity contribution is 0.587. The fourth-order valence-corrected chi connectivity index (χ4v) is 2.30. The predicted octanol–water partition coefficient (Wildman–Crippen LogP) is 5.00. The molecule has 0 nitrogen and oxygen atoms in total. The average molecular weight is 226 g/mol. The highest BCUT2D eigenvalue weighted by molar-refractivity contribution is 5.73. The third kappa shape index (κ3) is 2.69. The normalized spacial score (nSPS) is 11.4. The first-order valence-corrected chi connectivity index (χ1v) is 6.57. The molecule has 0 spiro atoms. The van der Waals surface area contributed by atoms with Crippen LogP contribution in [0, 0.1) is 19.8 Å². The van der Waals surface area contributed by atoms with Crippen molar-refractivity contribution in [1.29, 1.82) is 0 Å². The van der Waals surface area contributed by atoms with E-state index in [-0.39, 0.29) is 0 Å². The van der Waals surface area contributed by atoms with Crippen LogP contribution in [0.2, 0.25) is 0 Å². The zero-order valence-electron chi connectivity index (χ0n) is 11.4. The lowest BCUT2D eigenvalue weighted by Gasteiger charge is -2.03. The Morgan fingerprint density at radius 2 is 1.53 bits per heavy atom. The van der Waals surface area contributed by atoms with Gasteiger partial charge in [-0.1, -0.05) is 44.2 Å². The molecule has 17 heavy (non-hydrogen) atoms. The standard InChI is InChI=1S/C17H22/c1-12(2)5-8-15-9-6-13(3)16-10-7-14(4)17(16)11-15/h6-7,9-12H,5,8H2,1-4H3. The van der Waals surface area contributed by atoms with Crippen molar-refractivity contribution < 1.29 is 0 Å². The van der Waals surface area contributed by atoms with Gasteiger partial charge in [0, 0.05) is 0 Å². The minimum atomic E-state index is 0.776. The largest absolute Gasteiger partial charge is 0.0628 e. The van der Waals surface area contributed by atoms with E-state index in [2.05, 4.69) is 58.0 Å². The van der Waals surface area contributed by atoms with E-state index in [1.165, 1.54) is 40.7 Å². The molecule has 0 aromatic carbocycles. The van der Waals surface area contributed by atoms with Crippen LogP contribution in [0.5, 0.6) is 0 Å². The third-order valence-corrected chi connectivity index (χ3v) is 3.53. The summed E-state index contributed by atoms with van der Waals surface area (Å²) in [6, 6.07) is 11.4. The molecular formula is C17H22. The van der Waals surface area contributed by atoms with Gasteiger partial charge in [-0.15, -0.1) is 0 Å². The quantitative estimate of drug-likeness (QED) is 0.691. The second-order valence-electron chi connectivity index (χ2n) is 5.51. The van der Waals surface area contributed by atoms with Crippen molar-refractivity contribution in [1.82, 2.24) is 0 Å². The third-order valence-electron chi connectivity index (χ3n) is 3.53. The lowest BCUT2D eigenvalue weighted by Crippen LogP contribution is -1.90. The molecule has 0 unspecified atom stereocenters. The Kier molecular flexibility index (Phi) is 3.51. The molecule has 0 aliphatic heterocycles. The van der Waals surface area contributed by atoms with Crippen molar-refractivity contribution in [2.75, 3.05) is 0 Å². The summed E-state index contributed by atoms with van der Waals surface area (Å²) >= 11 is 0. The van der Waals surface area contributed by atoms with Gasteiger partial charge in [0.05, 0.1) is 0 Å². The van der Waals surface area contributed by atoms with Gasteiger partial charge < -0.3 is 0 Å². The average Bonchev–Trinajstić information content (AvgIpc) is 2.54. The lowest BCUT2D eigenvalue weighted by atomic mass is 10.0. The van der Waals surface area contributed by atoms with Gasteiger partial charge in [0.2, 0.25) is 0 Å². The Balaban J connectivity index is 2.38. The highest BCUT2D eigenvalue weighted by atomic mass is 14.1. The van der Waals surface area contributed by atoms with Gasteiger partial charge >= 0.3 is 0 Å². The maximum atomic E-state index is 2.38. The van der Waals surface area contributed by atoms with Gasteiger partial charge in [0.1, 0.15) is 0 Å². The highest BCUT2D eigenvalue weighted by Gasteiger charge is 2.08. The first-order valence-electron chi connectivity index (χ1n) is 6.57.